The third-order valence-corrected chi connectivity index (χ3v) is 2.89. The summed E-state index contributed by atoms with van der Waals surface area (Å²) in [6.45, 7) is 3.56. The highest BCUT2D eigenvalue weighted by Crippen LogP contribution is 2.27. The normalized spacial score (nSPS) is 21.1. The number of alkyl halides is 3. The molecule has 0 spiro atoms. The topological polar surface area (TPSA) is 32.3 Å². The molecule has 1 aliphatic heterocycles. The third kappa shape index (κ3) is 4.00. The zero-order valence-corrected chi connectivity index (χ0v) is 9.52. The van der Waals surface area contributed by atoms with Gasteiger partial charge in [0.15, 0.2) is 0 Å². The van der Waals surface area contributed by atoms with E-state index in [1.165, 1.54) is 0 Å². The number of carbonyl (C=O) groups excluding carboxylic acids is 1. The lowest BCUT2D eigenvalue weighted by Crippen LogP contribution is -2.46. The van der Waals surface area contributed by atoms with Crippen LogP contribution in [0.15, 0.2) is 0 Å². The maximum absolute atomic E-state index is 11.9. The highest BCUT2D eigenvalue weighted by Gasteiger charge is 2.34. The zero-order valence-electron chi connectivity index (χ0n) is 9.52. The lowest BCUT2D eigenvalue weighted by molar-refractivity contribution is -0.139. The van der Waals surface area contributed by atoms with E-state index in [0.717, 1.165) is 19.4 Å². The number of halogens is 3. The number of carbonyl (C=O) groups is 1. The molecule has 6 heteroatoms. The molecule has 1 saturated heterocycles. The molecule has 0 saturated carbocycles. The van der Waals surface area contributed by atoms with Crippen LogP contribution in [-0.4, -0.2) is 42.2 Å². The monoisotopic (exact) mass is 238 g/mol. The van der Waals surface area contributed by atoms with E-state index in [1.54, 1.807) is 0 Å². The average molecular weight is 238 g/mol. The second kappa shape index (κ2) is 4.61. The molecule has 0 aliphatic carbocycles. The highest BCUT2D eigenvalue weighted by molar-refractivity contribution is 5.78. The molecule has 1 fully saturated rings. The van der Waals surface area contributed by atoms with Gasteiger partial charge in [-0.2, -0.15) is 13.2 Å². The summed E-state index contributed by atoms with van der Waals surface area (Å²) < 4.78 is 35.6. The van der Waals surface area contributed by atoms with E-state index >= 15 is 0 Å². The van der Waals surface area contributed by atoms with E-state index in [9.17, 15) is 18.0 Å². The molecular formula is C10H17F3N2O. The minimum Gasteiger partial charge on any atom is -0.346 e. The van der Waals surface area contributed by atoms with E-state index in [1.807, 2.05) is 24.1 Å². The van der Waals surface area contributed by atoms with Gasteiger partial charge in [0.05, 0.1) is 6.54 Å². The van der Waals surface area contributed by atoms with Crippen LogP contribution >= 0.6 is 0 Å². The maximum atomic E-state index is 11.9. The molecule has 1 heterocycles. The van der Waals surface area contributed by atoms with E-state index < -0.39 is 18.6 Å². The molecule has 0 atom stereocenters. The molecule has 0 bridgehead atoms. The van der Waals surface area contributed by atoms with Crippen molar-refractivity contribution in [3.63, 3.8) is 0 Å². The van der Waals surface area contributed by atoms with Crippen LogP contribution in [0.4, 0.5) is 13.2 Å². The summed E-state index contributed by atoms with van der Waals surface area (Å²) in [5.41, 5.74) is -0.0877. The third-order valence-electron chi connectivity index (χ3n) is 2.89. The van der Waals surface area contributed by atoms with Crippen molar-refractivity contribution < 1.29 is 18.0 Å². The van der Waals surface area contributed by atoms with Crippen LogP contribution in [-0.2, 0) is 4.79 Å². The Kier molecular flexibility index (Phi) is 3.83. The Morgan fingerprint density at radius 1 is 1.44 bits per heavy atom. The van der Waals surface area contributed by atoms with Crippen LogP contribution in [0.2, 0.25) is 0 Å². The summed E-state index contributed by atoms with van der Waals surface area (Å²) in [6, 6.07) is 0. The van der Waals surface area contributed by atoms with E-state index in [-0.39, 0.29) is 12.1 Å². The van der Waals surface area contributed by atoms with Gasteiger partial charge in [-0.25, -0.2) is 0 Å². The van der Waals surface area contributed by atoms with Crippen LogP contribution in [0.1, 0.15) is 26.7 Å². The molecule has 0 radical (unpaired) electrons. The number of nitrogens with zero attached hydrogens (tertiary/aromatic N) is 1. The number of hydrogen-bond donors (Lipinski definition) is 1. The fourth-order valence-corrected chi connectivity index (χ4v) is 1.88. The van der Waals surface area contributed by atoms with Gasteiger partial charge in [0.2, 0.25) is 5.91 Å². The lowest BCUT2D eigenvalue weighted by atomic mass is 10.0. The van der Waals surface area contributed by atoms with Crippen molar-refractivity contribution in [2.24, 2.45) is 0 Å². The molecule has 0 unspecified atom stereocenters. The molecule has 1 aliphatic rings. The summed E-state index contributed by atoms with van der Waals surface area (Å²) in [4.78, 5) is 13.2. The molecule has 0 aromatic carbocycles. The molecule has 3 nitrogen and oxygen atoms in total. The molecule has 1 amide bonds. The summed E-state index contributed by atoms with van der Waals surface area (Å²) >= 11 is 0. The van der Waals surface area contributed by atoms with Crippen molar-refractivity contribution in [3.8, 4) is 0 Å². The van der Waals surface area contributed by atoms with Crippen molar-refractivity contribution in [2.45, 2.75) is 38.4 Å². The van der Waals surface area contributed by atoms with Crippen molar-refractivity contribution in [3.05, 3.63) is 0 Å². The van der Waals surface area contributed by atoms with Crippen molar-refractivity contribution in [2.75, 3.05) is 19.6 Å². The van der Waals surface area contributed by atoms with Crippen molar-refractivity contribution in [1.82, 2.24) is 10.2 Å². The Hall–Kier alpha value is -0.780. The second-order valence-corrected chi connectivity index (χ2v) is 4.73. The van der Waals surface area contributed by atoms with Gasteiger partial charge in [0.1, 0.15) is 6.54 Å². The standard InChI is InChI=1S/C10H17F3N2O/c1-9(2)4-3-5-15(9)6-8(16)14-7-10(11,12)13/h3-7H2,1-2H3,(H,14,16). The Labute approximate surface area is 93.0 Å². The summed E-state index contributed by atoms with van der Waals surface area (Å²) in [5, 5.41) is 1.88. The molecule has 0 aromatic heterocycles. The minimum absolute atomic E-state index is 0.0447. The smallest absolute Gasteiger partial charge is 0.346 e. The molecule has 1 N–H and O–H groups in total. The van der Waals surface area contributed by atoms with E-state index in [0.29, 0.717) is 0 Å². The first-order valence-electron chi connectivity index (χ1n) is 5.29. The van der Waals surface area contributed by atoms with Crippen LogP contribution in [0.5, 0.6) is 0 Å². The fourth-order valence-electron chi connectivity index (χ4n) is 1.88. The average Bonchev–Trinajstić information content (AvgIpc) is 2.42. The second-order valence-electron chi connectivity index (χ2n) is 4.73. The molecule has 16 heavy (non-hydrogen) atoms. The Morgan fingerprint density at radius 2 is 2.06 bits per heavy atom. The number of nitrogens with one attached hydrogen (secondary N) is 1. The minimum atomic E-state index is -4.34. The van der Waals surface area contributed by atoms with Crippen LogP contribution in [0.3, 0.4) is 0 Å². The van der Waals surface area contributed by atoms with Gasteiger partial charge in [-0.05, 0) is 33.2 Å². The molecule has 1 rings (SSSR count). The SMILES string of the molecule is CC1(C)CCCN1CC(=O)NCC(F)(F)F. The quantitative estimate of drug-likeness (QED) is 0.809. The fraction of sp³-hybridized carbons (Fsp3) is 0.900. The Balaban J connectivity index is 2.35. The predicted molar refractivity (Wildman–Crippen MR) is 54.0 cm³/mol. The maximum Gasteiger partial charge on any atom is 0.405 e. The molecular weight excluding hydrogens is 221 g/mol. The van der Waals surface area contributed by atoms with Crippen LogP contribution < -0.4 is 5.32 Å². The summed E-state index contributed by atoms with van der Waals surface area (Å²) in [7, 11) is 0. The molecule has 94 valence electrons. The Morgan fingerprint density at radius 3 is 2.50 bits per heavy atom. The van der Waals surface area contributed by atoms with Crippen molar-refractivity contribution in [1.29, 1.82) is 0 Å². The zero-order chi connectivity index (χ0) is 12.4. The van der Waals surface area contributed by atoms with Gasteiger partial charge in [0, 0.05) is 5.54 Å². The van der Waals surface area contributed by atoms with Gasteiger partial charge < -0.3 is 5.32 Å². The number of likely N-dealkylation sites (tertiary alicyclic amines) is 1. The van der Waals surface area contributed by atoms with Gasteiger partial charge in [-0.1, -0.05) is 0 Å². The van der Waals surface area contributed by atoms with E-state index in [4.69, 9.17) is 0 Å². The highest BCUT2D eigenvalue weighted by atomic mass is 19.4. The largest absolute Gasteiger partial charge is 0.405 e. The van der Waals surface area contributed by atoms with Crippen molar-refractivity contribution >= 4 is 5.91 Å². The van der Waals surface area contributed by atoms with Crippen LogP contribution in [0.25, 0.3) is 0 Å². The lowest BCUT2D eigenvalue weighted by Gasteiger charge is -2.30. The van der Waals surface area contributed by atoms with Gasteiger partial charge in [-0.15, -0.1) is 0 Å². The van der Waals surface area contributed by atoms with Crippen LogP contribution in [0, 0.1) is 0 Å². The van der Waals surface area contributed by atoms with Gasteiger partial charge >= 0.3 is 6.18 Å². The van der Waals surface area contributed by atoms with E-state index in [2.05, 4.69) is 0 Å². The molecule has 0 aromatic rings. The number of hydrogen-bond acceptors (Lipinski definition) is 2. The first kappa shape index (κ1) is 13.3. The first-order chi connectivity index (χ1) is 7.21. The first-order valence-corrected chi connectivity index (χ1v) is 5.29. The number of rotatable bonds is 3. The van der Waals surface area contributed by atoms with Gasteiger partial charge in [0.25, 0.3) is 0 Å². The summed E-state index contributed by atoms with van der Waals surface area (Å²) in [5.74, 6) is -0.563. The van der Waals surface area contributed by atoms with Gasteiger partial charge in [-0.3, -0.25) is 9.69 Å². The Bertz CT molecular complexity index is 263. The predicted octanol–water partition coefficient (Wildman–Crippen LogP) is 1.54. The number of amides is 1. The summed E-state index contributed by atoms with van der Waals surface area (Å²) in [6.07, 6.45) is -2.38.